The number of aryl methyl sites for hydroxylation is 1. The van der Waals surface area contributed by atoms with E-state index in [-0.39, 0.29) is 17.3 Å². The molecule has 0 atom stereocenters. The minimum atomic E-state index is -0.297. The number of halogens is 1. The lowest BCUT2D eigenvalue weighted by Gasteiger charge is -2.03. The van der Waals surface area contributed by atoms with Crippen LogP contribution in [0.4, 0.5) is 10.3 Å². The summed E-state index contributed by atoms with van der Waals surface area (Å²) in [6.45, 7) is 3.49. The molecular formula is C13H13FN4O. The zero-order chi connectivity index (χ0) is 13.8. The highest BCUT2D eigenvalue weighted by Gasteiger charge is 1.99. The number of H-pyrrole nitrogens is 1. The third kappa shape index (κ3) is 3.48. The summed E-state index contributed by atoms with van der Waals surface area (Å²) in [7, 11) is 0. The minimum absolute atomic E-state index is 0.246. The second-order valence-electron chi connectivity index (χ2n) is 4.05. The van der Waals surface area contributed by atoms with E-state index in [1.54, 1.807) is 26.0 Å². The highest BCUT2D eigenvalue weighted by Crippen LogP contribution is 2.05. The Morgan fingerprint density at radius 3 is 2.68 bits per heavy atom. The number of rotatable bonds is 3. The number of hydrogen-bond acceptors (Lipinski definition) is 4. The first-order valence-electron chi connectivity index (χ1n) is 5.69. The molecule has 2 rings (SSSR count). The Morgan fingerprint density at radius 1 is 1.37 bits per heavy atom. The van der Waals surface area contributed by atoms with Crippen molar-refractivity contribution in [1.29, 1.82) is 0 Å². The predicted molar refractivity (Wildman–Crippen MR) is 71.8 cm³/mol. The van der Waals surface area contributed by atoms with Crippen molar-refractivity contribution in [3.8, 4) is 0 Å². The van der Waals surface area contributed by atoms with Crippen molar-refractivity contribution in [1.82, 2.24) is 9.97 Å². The van der Waals surface area contributed by atoms with Crippen molar-refractivity contribution in [3.05, 3.63) is 57.8 Å². The Hall–Kier alpha value is -2.50. The van der Waals surface area contributed by atoms with E-state index in [0.717, 1.165) is 5.56 Å². The number of hydrazone groups is 1. The zero-order valence-electron chi connectivity index (χ0n) is 10.6. The summed E-state index contributed by atoms with van der Waals surface area (Å²) in [6, 6.07) is 7.37. The van der Waals surface area contributed by atoms with Crippen LogP contribution in [-0.4, -0.2) is 15.7 Å². The molecule has 98 valence electrons. The van der Waals surface area contributed by atoms with Crippen molar-refractivity contribution in [2.24, 2.45) is 5.10 Å². The van der Waals surface area contributed by atoms with Crippen LogP contribution in [0.3, 0.4) is 0 Å². The Bertz CT molecular complexity index is 661. The van der Waals surface area contributed by atoms with Crippen LogP contribution in [0, 0.1) is 12.7 Å². The maximum absolute atomic E-state index is 12.8. The van der Waals surface area contributed by atoms with E-state index >= 15 is 0 Å². The molecule has 19 heavy (non-hydrogen) atoms. The van der Waals surface area contributed by atoms with Gasteiger partial charge in [0.2, 0.25) is 5.95 Å². The maximum Gasteiger partial charge on any atom is 0.252 e. The number of nitrogens with one attached hydrogen (secondary N) is 2. The molecule has 0 unspecified atom stereocenters. The molecule has 0 fully saturated rings. The maximum atomic E-state index is 12.8. The van der Waals surface area contributed by atoms with Gasteiger partial charge in [-0.1, -0.05) is 12.1 Å². The third-order valence-corrected chi connectivity index (χ3v) is 2.46. The Balaban J connectivity index is 2.17. The fraction of sp³-hybridized carbons (Fsp3) is 0.154. The minimum Gasteiger partial charge on any atom is -0.291 e. The average Bonchev–Trinajstić information content (AvgIpc) is 2.36. The average molecular weight is 260 g/mol. The summed E-state index contributed by atoms with van der Waals surface area (Å²) in [5.74, 6) is -0.0272. The largest absolute Gasteiger partial charge is 0.291 e. The molecule has 2 aromatic rings. The van der Waals surface area contributed by atoms with Gasteiger partial charge < -0.3 is 0 Å². The number of hydrogen-bond donors (Lipinski definition) is 2. The lowest BCUT2D eigenvalue weighted by molar-refractivity contribution is 0.628. The molecule has 0 saturated heterocycles. The first kappa shape index (κ1) is 12.9. The quantitative estimate of drug-likeness (QED) is 0.655. The Labute approximate surface area is 109 Å². The van der Waals surface area contributed by atoms with Gasteiger partial charge in [0.05, 0.1) is 5.71 Å². The van der Waals surface area contributed by atoms with E-state index in [1.807, 2.05) is 0 Å². The number of nitrogens with zero attached hydrogens (tertiary/aromatic N) is 2. The standard InChI is InChI=1S/C13H13FN4O/c1-8-7-12(19)16-13(15-8)18-17-9(2)10-3-5-11(14)6-4-10/h3-7H,1-2H3,(H2,15,16,18,19). The predicted octanol–water partition coefficient (Wildman–Crippen LogP) is 2.05. The molecule has 0 amide bonds. The van der Waals surface area contributed by atoms with Crippen LogP contribution in [0.5, 0.6) is 0 Å². The van der Waals surface area contributed by atoms with Crippen LogP contribution in [0.25, 0.3) is 0 Å². The van der Waals surface area contributed by atoms with Gasteiger partial charge in [-0.25, -0.2) is 14.8 Å². The second-order valence-corrected chi connectivity index (χ2v) is 4.05. The van der Waals surface area contributed by atoms with Crippen LogP contribution < -0.4 is 11.0 Å². The van der Waals surface area contributed by atoms with Gasteiger partial charge >= 0.3 is 0 Å². The molecule has 5 nitrogen and oxygen atoms in total. The van der Waals surface area contributed by atoms with E-state index in [9.17, 15) is 9.18 Å². The number of aromatic amines is 1. The molecule has 0 radical (unpaired) electrons. The van der Waals surface area contributed by atoms with Gasteiger partial charge in [0.25, 0.3) is 5.56 Å². The third-order valence-electron chi connectivity index (χ3n) is 2.46. The van der Waals surface area contributed by atoms with E-state index in [1.165, 1.54) is 18.2 Å². The van der Waals surface area contributed by atoms with Gasteiger partial charge in [0.1, 0.15) is 5.82 Å². The molecule has 1 aromatic carbocycles. The normalized spacial score (nSPS) is 11.4. The molecule has 2 N–H and O–H groups in total. The molecule has 0 aliphatic heterocycles. The summed E-state index contributed by atoms with van der Waals surface area (Å²) in [5, 5.41) is 4.09. The zero-order valence-corrected chi connectivity index (χ0v) is 10.6. The fourth-order valence-corrected chi connectivity index (χ4v) is 1.52. The van der Waals surface area contributed by atoms with Crippen molar-refractivity contribution in [3.63, 3.8) is 0 Å². The van der Waals surface area contributed by atoms with Crippen LogP contribution in [0.1, 0.15) is 18.2 Å². The lowest BCUT2D eigenvalue weighted by Crippen LogP contribution is -2.11. The molecule has 1 heterocycles. The van der Waals surface area contributed by atoms with E-state index in [0.29, 0.717) is 11.4 Å². The van der Waals surface area contributed by atoms with E-state index in [4.69, 9.17) is 0 Å². The van der Waals surface area contributed by atoms with E-state index in [2.05, 4.69) is 20.5 Å². The van der Waals surface area contributed by atoms with Crippen molar-refractivity contribution < 1.29 is 4.39 Å². The van der Waals surface area contributed by atoms with Gasteiger partial charge in [-0.05, 0) is 31.5 Å². The van der Waals surface area contributed by atoms with Crippen LogP contribution in [0.2, 0.25) is 0 Å². The van der Waals surface area contributed by atoms with Crippen LogP contribution in [-0.2, 0) is 0 Å². The summed E-state index contributed by atoms with van der Waals surface area (Å²) < 4.78 is 12.8. The fourth-order valence-electron chi connectivity index (χ4n) is 1.52. The van der Waals surface area contributed by atoms with Crippen molar-refractivity contribution in [2.75, 3.05) is 5.43 Å². The molecule has 6 heteroatoms. The summed E-state index contributed by atoms with van der Waals surface area (Å²) in [5.41, 5.74) is 4.46. The lowest BCUT2D eigenvalue weighted by atomic mass is 10.1. The molecule has 0 aliphatic carbocycles. The monoisotopic (exact) mass is 260 g/mol. The first-order valence-corrected chi connectivity index (χ1v) is 5.69. The van der Waals surface area contributed by atoms with Crippen LogP contribution >= 0.6 is 0 Å². The molecule has 0 spiro atoms. The molecule has 0 bridgehead atoms. The smallest absolute Gasteiger partial charge is 0.252 e. The van der Waals surface area contributed by atoms with Crippen molar-refractivity contribution in [2.45, 2.75) is 13.8 Å². The summed E-state index contributed by atoms with van der Waals surface area (Å²) >= 11 is 0. The number of aromatic nitrogens is 2. The molecule has 1 aromatic heterocycles. The second kappa shape index (κ2) is 5.43. The summed E-state index contributed by atoms with van der Waals surface area (Å²) in [6.07, 6.45) is 0. The van der Waals surface area contributed by atoms with Gasteiger partial charge in [-0.15, -0.1) is 0 Å². The SMILES string of the molecule is CC(=NNc1nc(C)cc(=O)[nH]1)c1ccc(F)cc1. The van der Waals surface area contributed by atoms with Crippen molar-refractivity contribution >= 4 is 11.7 Å². The van der Waals surface area contributed by atoms with Gasteiger partial charge in [0.15, 0.2) is 0 Å². The topological polar surface area (TPSA) is 70.1 Å². The van der Waals surface area contributed by atoms with Gasteiger partial charge in [-0.3, -0.25) is 9.78 Å². The highest BCUT2D eigenvalue weighted by molar-refractivity contribution is 5.98. The van der Waals surface area contributed by atoms with Gasteiger partial charge in [-0.2, -0.15) is 5.10 Å². The Morgan fingerprint density at radius 2 is 2.05 bits per heavy atom. The first-order chi connectivity index (χ1) is 9.04. The number of anilines is 1. The highest BCUT2D eigenvalue weighted by atomic mass is 19.1. The summed E-state index contributed by atoms with van der Waals surface area (Å²) in [4.78, 5) is 17.8. The number of benzene rings is 1. The van der Waals surface area contributed by atoms with E-state index < -0.39 is 0 Å². The molecule has 0 saturated carbocycles. The Kier molecular flexibility index (Phi) is 3.70. The van der Waals surface area contributed by atoms with Gasteiger partial charge in [0, 0.05) is 11.8 Å². The van der Waals surface area contributed by atoms with Crippen LogP contribution in [0.15, 0.2) is 40.2 Å². The molecule has 0 aliphatic rings. The molecular weight excluding hydrogens is 247 g/mol.